The molecule has 0 aliphatic carbocycles. The number of nitrogens with one attached hydrogen (secondary N) is 1. The molecule has 2 aliphatic rings. The van der Waals surface area contributed by atoms with Gasteiger partial charge in [0.05, 0.1) is 6.04 Å². The standard InChI is InChI=1S/C17H16FN3O2/c18-13-7-5-12(6-8-13)16-15-4-2-10-20(16)11-21(23-15)17(22)14-3-1-9-19-14/h1-9,15-16,19H,10-11H2. The largest absolute Gasteiger partial charge is 0.357 e. The number of nitrogens with zero attached hydrogens (tertiary/aromatic N) is 2. The molecule has 118 valence electrons. The van der Waals surface area contributed by atoms with Crippen LogP contribution < -0.4 is 0 Å². The molecule has 1 aromatic carbocycles. The van der Waals surface area contributed by atoms with Gasteiger partial charge in [0.2, 0.25) is 0 Å². The van der Waals surface area contributed by atoms with E-state index in [1.165, 1.54) is 17.2 Å². The molecule has 2 bridgehead atoms. The predicted molar refractivity (Wildman–Crippen MR) is 81.7 cm³/mol. The molecule has 1 amide bonds. The van der Waals surface area contributed by atoms with Gasteiger partial charge in [-0.05, 0) is 29.8 Å². The fourth-order valence-electron chi connectivity index (χ4n) is 3.11. The molecule has 1 N–H and O–H groups in total. The summed E-state index contributed by atoms with van der Waals surface area (Å²) in [5, 5.41) is 1.38. The van der Waals surface area contributed by atoms with Crippen LogP contribution in [0.15, 0.2) is 54.7 Å². The van der Waals surface area contributed by atoms with Crippen LogP contribution >= 0.6 is 0 Å². The number of hydroxylamine groups is 2. The van der Waals surface area contributed by atoms with Crippen molar-refractivity contribution in [2.45, 2.75) is 12.1 Å². The van der Waals surface area contributed by atoms with Gasteiger partial charge in [0.1, 0.15) is 24.3 Å². The molecule has 3 unspecified atom stereocenters. The van der Waals surface area contributed by atoms with Gasteiger partial charge in [-0.3, -0.25) is 14.5 Å². The number of rotatable bonds is 2. The molecule has 1 aromatic heterocycles. The number of aromatic amines is 1. The molecular weight excluding hydrogens is 297 g/mol. The molecular formula is C17H16FN3O2. The summed E-state index contributed by atoms with van der Waals surface area (Å²) in [5.74, 6) is -0.456. The first kappa shape index (κ1) is 14.2. The van der Waals surface area contributed by atoms with Gasteiger partial charge in [0.15, 0.2) is 0 Å². The van der Waals surface area contributed by atoms with E-state index in [0.717, 1.165) is 12.1 Å². The maximum atomic E-state index is 13.2. The summed E-state index contributed by atoms with van der Waals surface area (Å²) in [6, 6.07) is 9.92. The molecule has 5 nitrogen and oxygen atoms in total. The third-order valence-electron chi connectivity index (χ3n) is 4.20. The number of fused-ring (bicyclic) bond motifs is 2. The number of carbonyl (C=O) groups excluding carboxylic acids is 1. The molecule has 1 fully saturated rings. The van der Waals surface area contributed by atoms with Crippen LogP contribution in [0.5, 0.6) is 0 Å². The summed E-state index contributed by atoms with van der Waals surface area (Å²) >= 11 is 0. The average Bonchev–Trinajstić information content (AvgIpc) is 3.08. The maximum absolute atomic E-state index is 13.2. The molecule has 0 spiro atoms. The van der Waals surface area contributed by atoms with Crippen LogP contribution in [-0.2, 0) is 4.84 Å². The fraction of sp³-hybridized carbons (Fsp3) is 0.235. The van der Waals surface area contributed by atoms with Crippen molar-refractivity contribution in [3.05, 3.63) is 71.8 Å². The second-order valence-electron chi connectivity index (χ2n) is 5.67. The van der Waals surface area contributed by atoms with Crippen molar-refractivity contribution in [3.63, 3.8) is 0 Å². The Morgan fingerprint density at radius 1 is 1.26 bits per heavy atom. The Morgan fingerprint density at radius 3 is 2.78 bits per heavy atom. The first-order valence-electron chi connectivity index (χ1n) is 7.50. The minimum absolute atomic E-state index is 0.0201. The lowest BCUT2D eigenvalue weighted by Gasteiger charge is -2.46. The third-order valence-corrected chi connectivity index (χ3v) is 4.20. The van der Waals surface area contributed by atoms with Crippen molar-refractivity contribution in [2.75, 3.05) is 13.2 Å². The summed E-state index contributed by atoms with van der Waals surface area (Å²) < 4.78 is 13.2. The van der Waals surface area contributed by atoms with E-state index in [1.54, 1.807) is 30.5 Å². The van der Waals surface area contributed by atoms with E-state index < -0.39 is 0 Å². The lowest BCUT2D eigenvalue weighted by molar-refractivity contribution is -0.232. The van der Waals surface area contributed by atoms with Gasteiger partial charge < -0.3 is 4.98 Å². The zero-order chi connectivity index (χ0) is 15.8. The summed E-state index contributed by atoms with van der Waals surface area (Å²) in [7, 11) is 0. The van der Waals surface area contributed by atoms with E-state index in [-0.39, 0.29) is 23.9 Å². The molecule has 0 saturated carbocycles. The van der Waals surface area contributed by atoms with Crippen LogP contribution in [0.2, 0.25) is 0 Å². The fourth-order valence-corrected chi connectivity index (χ4v) is 3.11. The van der Waals surface area contributed by atoms with Gasteiger partial charge in [0.25, 0.3) is 5.91 Å². The summed E-state index contributed by atoms with van der Waals surface area (Å²) in [5.41, 5.74) is 1.47. The number of hydrogen-bond donors (Lipinski definition) is 1. The summed E-state index contributed by atoms with van der Waals surface area (Å²) in [6.07, 6.45) is 5.42. The number of hydrogen-bond acceptors (Lipinski definition) is 3. The zero-order valence-corrected chi connectivity index (χ0v) is 12.4. The van der Waals surface area contributed by atoms with Gasteiger partial charge >= 0.3 is 0 Å². The van der Waals surface area contributed by atoms with Crippen molar-refractivity contribution in [3.8, 4) is 0 Å². The van der Waals surface area contributed by atoms with Crippen LogP contribution in [0, 0.1) is 5.82 Å². The number of halogens is 1. The lowest BCUT2D eigenvalue weighted by atomic mass is 9.96. The van der Waals surface area contributed by atoms with Crippen molar-refractivity contribution in [1.82, 2.24) is 14.9 Å². The minimum Gasteiger partial charge on any atom is -0.357 e. The molecule has 4 rings (SSSR count). The lowest BCUT2D eigenvalue weighted by Crippen LogP contribution is -2.55. The van der Waals surface area contributed by atoms with Crippen molar-refractivity contribution >= 4 is 5.91 Å². The van der Waals surface area contributed by atoms with E-state index in [1.807, 2.05) is 12.2 Å². The molecule has 23 heavy (non-hydrogen) atoms. The highest BCUT2D eigenvalue weighted by Crippen LogP contribution is 2.34. The number of carbonyl (C=O) groups is 1. The van der Waals surface area contributed by atoms with Gasteiger partial charge in [-0.25, -0.2) is 9.45 Å². The Kier molecular flexibility index (Phi) is 3.48. The average molecular weight is 313 g/mol. The Balaban J connectivity index is 1.59. The number of benzene rings is 1. The predicted octanol–water partition coefficient (Wildman–Crippen LogP) is 2.48. The van der Waals surface area contributed by atoms with Gasteiger partial charge in [-0.15, -0.1) is 0 Å². The first-order valence-corrected chi connectivity index (χ1v) is 7.50. The van der Waals surface area contributed by atoms with E-state index in [0.29, 0.717) is 12.4 Å². The number of H-pyrrole nitrogens is 1. The van der Waals surface area contributed by atoms with E-state index in [4.69, 9.17) is 4.84 Å². The van der Waals surface area contributed by atoms with Gasteiger partial charge in [-0.2, -0.15) is 0 Å². The SMILES string of the molecule is O=C(c1ccc[nH]1)N1CN2CC=CC(O1)C2c1ccc(F)cc1. The molecule has 6 heteroatoms. The number of aromatic nitrogens is 1. The third kappa shape index (κ3) is 2.56. The van der Waals surface area contributed by atoms with Crippen LogP contribution in [0.4, 0.5) is 4.39 Å². The highest BCUT2D eigenvalue weighted by atomic mass is 19.1. The van der Waals surface area contributed by atoms with Crippen LogP contribution in [0.1, 0.15) is 22.1 Å². The van der Waals surface area contributed by atoms with Crippen molar-refractivity contribution in [2.24, 2.45) is 0 Å². The Hall–Kier alpha value is -2.44. The monoisotopic (exact) mass is 313 g/mol. The Labute approximate surface area is 132 Å². The normalized spacial score (nSPS) is 26.3. The quantitative estimate of drug-likeness (QED) is 0.867. The van der Waals surface area contributed by atoms with E-state index in [2.05, 4.69) is 9.88 Å². The molecule has 2 aliphatic heterocycles. The second-order valence-corrected chi connectivity index (χ2v) is 5.67. The highest BCUT2D eigenvalue weighted by Gasteiger charge is 2.39. The summed E-state index contributed by atoms with van der Waals surface area (Å²) in [4.78, 5) is 23.4. The molecule has 2 aromatic rings. The second kappa shape index (κ2) is 5.64. The highest BCUT2D eigenvalue weighted by molar-refractivity contribution is 5.91. The van der Waals surface area contributed by atoms with Gasteiger partial charge in [0, 0.05) is 12.7 Å². The van der Waals surface area contributed by atoms with Gasteiger partial charge in [-0.1, -0.05) is 24.3 Å². The number of amides is 1. The smallest absolute Gasteiger partial charge is 0.295 e. The van der Waals surface area contributed by atoms with E-state index >= 15 is 0 Å². The minimum atomic E-state index is -0.276. The zero-order valence-electron chi connectivity index (χ0n) is 12.4. The van der Waals surface area contributed by atoms with Crippen LogP contribution in [0.3, 0.4) is 0 Å². The van der Waals surface area contributed by atoms with Crippen LogP contribution in [-0.4, -0.2) is 40.2 Å². The molecule has 0 radical (unpaired) electrons. The van der Waals surface area contributed by atoms with Crippen LogP contribution in [0.25, 0.3) is 0 Å². The van der Waals surface area contributed by atoms with E-state index in [9.17, 15) is 9.18 Å². The van der Waals surface area contributed by atoms with Crippen molar-refractivity contribution < 1.29 is 14.0 Å². The topological polar surface area (TPSA) is 48.6 Å². The Morgan fingerprint density at radius 2 is 2.09 bits per heavy atom. The molecule has 1 saturated heterocycles. The molecule has 3 atom stereocenters. The summed E-state index contributed by atoms with van der Waals surface area (Å²) in [6.45, 7) is 1.08. The molecule has 3 heterocycles. The first-order chi connectivity index (χ1) is 11.2. The van der Waals surface area contributed by atoms with Crippen molar-refractivity contribution in [1.29, 1.82) is 0 Å². The maximum Gasteiger partial charge on any atom is 0.295 e. The Bertz CT molecular complexity index is 727.